The highest BCUT2D eigenvalue weighted by molar-refractivity contribution is 7.90. The van der Waals surface area contributed by atoms with Crippen molar-refractivity contribution in [2.75, 3.05) is 6.26 Å². The van der Waals surface area contributed by atoms with Crippen molar-refractivity contribution in [1.82, 2.24) is 10.2 Å². The van der Waals surface area contributed by atoms with Gasteiger partial charge in [-0.05, 0) is 12.1 Å². The van der Waals surface area contributed by atoms with Crippen LogP contribution in [0.15, 0.2) is 29.2 Å². The summed E-state index contributed by atoms with van der Waals surface area (Å²) in [4.78, 5) is 0.296. The fraction of sp³-hybridized carbons (Fsp3) is 0.200. The SMILES string of the molecule is CS(=O)(=O)c1ccc(-c2nnc(CN)s2)cc1. The maximum absolute atomic E-state index is 11.3. The van der Waals surface area contributed by atoms with Gasteiger partial charge in [0, 0.05) is 18.4 Å². The highest BCUT2D eigenvalue weighted by Gasteiger charge is 2.09. The second kappa shape index (κ2) is 4.52. The van der Waals surface area contributed by atoms with Crippen molar-refractivity contribution in [3.05, 3.63) is 29.3 Å². The monoisotopic (exact) mass is 269 g/mol. The van der Waals surface area contributed by atoms with Gasteiger partial charge in [0.1, 0.15) is 10.0 Å². The Bertz CT molecular complexity index is 617. The molecule has 1 aromatic carbocycles. The average Bonchev–Trinajstić information content (AvgIpc) is 2.76. The first-order chi connectivity index (χ1) is 8.00. The zero-order valence-electron chi connectivity index (χ0n) is 9.12. The molecule has 0 saturated heterocycles. The molecule has 0 saturated carbocycles. The topological polar surface area (TPSA) is 85.9 Å². The molecule has 0 aliphatic carbocycles. The first kappa shape index (κ1) is 12.2. The van der Waals surface area contributed by atoms with E-state index in [4.69, 9.17) is 5.73 Å². The van der Waals surface area contributed by atoms with Crippen LogP contribution in [0.1, 0.15) is 5.01 Å². The highest BCUT2D eigenvalue weighted by Crippen LogP contribution is 2.24. The normalized spacial score (nSPS) is 11.6. The van der Waals surface area contributed by atoms with Crippen LogP contribution in [0.4, 0.5) is 0 Å². The highest BCUT2D eigenvalue weighted by atomic mass is 32.2. The number of aromatic nitrogens is 2. The molecule has 0 radical (unpaired) electrons. The fourth-order valence-electron chi connectivity index (χ4n) is 1.30. The van der Waals surface area contributed by atoms with Crippen molar-refractivity contribution in [3.8, 4) is 10.6 Å². The Balaban J connectivity index is 2.35. The van der Waals surface area contributed by atoms with Crippen molar-refractivity contribution < 1.29 is 8.42 Å². The molecule has 17 heavy (non-hydrogen) atoms. The number of sulfone groups is 1. The zero-order valence-corrected chi connectivity index (χ0v) is 10.8. The van der Waals surface area contributed by atoms with Crippen LogP contribution in [0.3, 0.4) is 0 Å². The number of nitrogens with two attached hydrogens (primary N) is 1. The van der Waals surface area contributed by atoms with E-state index in [1.807, 2.05) is 0 Å². The van der Waals surface area contributed by atoms with Crippen LogP contribution in [-0.2, 0) is 16.4 Å². The molecular formula is C10H11N3O2S2. The Morgan fingerprint density at radius 3 is 2.35 bits per heavy atom. The van der Waals surface area contributed by atoms with E-state index in [-0.39, 0.29) is 0 Å². The van der Waals surface area contributed by atoms with Gasteiger partial charge < -0.3 is 5.73 Å². The van der Waals surface area contributed by atoms with Crippen molar-refractivity contribution in [2.24, 2.45) is 5.73 Å². The second-order valence-corrected chi connectivity index (χ2v) is 6.58. The molecule has 2 aromatic rings. The van der Waals surface area contributed by atoms with E-state index in [1.54, 1.807) is 24.3 Å². The molecule has 0 fully saturated rings. The fourth-order valence-corrected chi connectivity index (χ4v) is 2.65. The van der Waals surface area contributed by atoms with Gasteiger partial charge in [-0.15, -0.1) is 10.2 Å². The molecule has 0 unspecified atom stereocenters. The molecule has 0 aliphatic heterocycles. The van der Waals surface area contributed by atoms with Gasteiger partial charge >= 0.3 is 0 Å². The minimum absolute atomic E-state index is 0.296. The molecule has 7 heteroatoms. The Hall–Kier alpha value is -1.31. The summed E-state index contributed by atoms with van der Waals surface area (Å²) < 4.78 is 22.6. The third-order valence-corrected chi connectivity index (χ3v) is 4.29. The lowest BCUT2D eigenvalue weighted by molar-refractivity contribution is 0.602. The van der Waals surface area contributed by atoms with Crippen LogP contribution in [0, 0.1) is 0 Å². The van der Waals surface area contributed by atoms with Gasteiger partial charge in [0.15, 0.2) is 9.84 Å². The molecule has 0 aliphatic rings. The zero-order chi connectivity index (χ0) is 12.5. The summed E-state index contributed by atoms with van der Waals surface area (Å²) in [5.74, 6) is 0. The van der Waals surface area contributed by atoms with Crippen LogP contribution >= 0.6 is 11.3 Å². The van der Waals surface area contributed by atoms with Gasteiger partial charge in [0.25, 0.3) is 0 Å². The molecule has 0 bridgehead atoms. The molecule has 0 spiro atoms. The molecule has 5 nitrogen and oxygen atoms in total. The van der Waals surface area contributed by atoms with Crippen molar-refractivity contribution in [3.63, 3.8) is 0 Å². The van der Waals surface area contributed by atoms with Gasteiger partial charge in [0.05, 0.1) is 4.90 Å². The minimum Gasteiger partial charge on any atom is -0.324 e. The van der Waals surface area contributed by atoms with E-state index in [0.717, 1.165) is 15.6 Å². The van der Waals surface area contributed by atoms with E-state index in [0.29, 0.717) is 11.4 Å². The number of nitrogens with zero attached hydrogens (tertiary/aromatic N) is 2. The summed E-state index contributed by atoms with van der Waals surface area (Å²) in [5, 5.41) is 9.39. The number of hydrogen-bond donors (Lipinski definition) is 1. The summed E-state index contributed by atoms with van der Waals surface area (Å²) in [6.45, 7) is 0.360. The van der Waals surface area contributed by atoms with E-state index in [2.05, 4.69) is 10.2 Å². The first-order valence-electron chi connectivity index (χ1n) is 4.83. The lowest BCUT2D eigenvalue weighted by Gasteiger charge is -1.99. The van der Waals surface area contributed by atoms with E-state index in [1.165, 1.54) is 17.6 Å². The van der Waals surface area contributed by atoms with Gasteiger partial charge in [-0.2, -0.15) is 0 Å². The molecule has 1 aromatic heterocycles. The predicted octanol–water partition coefficient (Wildman–Crippen LogP) is 1.07. The minimum atomic E-state index is -3.15. The molecule has 2 N–H and O–H groups in total. The molecule has 0 amide bonds. The van der Waals surface area contributed by atoms with E-state index < -0.39 is 9.84 Å². The van der Waals surface area contributed by atoms with Crippen molar-refractivity contribution in [2.45, 2.75) is 11.4 Å². The second-order valence-electron chi connectivity index (χ2n) is 3.50. The lowest BCUT2D eigenvalue weighted by atomic mass is 10.2. The molecule has 0 atom stereocenters. The molecular weight excluding hydrogens is 258 g/mol. The van der Waals surface area contributed by atoms with Crippen LogP contribution in [0.5, 0.6) is 0 Å². The van der Waals surface area contributed by atoms with Crippen LogP contribution in [0.25, 0.3) is 10.6 Å². The van der Waals surface area contributed by atoms with Gasteiger partial charge in [-0.3, -0.25) is 0 Å². The van der Waals surface area contributed by atoms with E-state index >= 15 is 0 Å². The number of rotatable bonds is 3. The Kier molecular flexibility index (Phi) is 3.23. The Morgan fingerprint density at radius 2 is 1.88 bits per heavy atom. The predicted molar refractivity (Wildman–Crippen MR) is 66.3 cm³/mol. The van der Waals surface area contributed by atoms with Gasteiger partial charge in [-0.25, -0.2) is 8.42 Å². The number of hydrogen-bond acceptors (Lipinski definition) is 6. The summed E-state index contributed by atoms with van der Waals surface area (Å²) >= 11 is 1.40. The van der Waals surface area contributed by atoms with Gasteiger partial charge in [0.2, 0.25) is 0 Å². The standard InChI is InChI=1S/C10H11N3O2S2/c1-17(14,15)8-4-2-7(3-5-8)10-13-12-9(6-11)16-10/h2-5H,6,11H2,1H3. The van der Waals surface area contributed by atoms with E-state index in [9.17, 15) is 8.42 Å². The average molecular weight is 269 g/mol. The molecule has 1 heterocycles. The van der Waals surface area contributed by atoms with Crippen LogP contribution in [-0.4, -0.2) is 24.9 Å². The maximum atomic E-state index is 11.3. The maximum Gasteiger partial charge on any atom is 0.175 e. The summed E-state index contributed by atoms with van der Waals surface area (Å²) in [6, 6.07) is 6.57. The summed E-state index contributed by atoms with van der Waals surface area (Å²) in [5.41, 5.74) is 6.29. The Labute approximate surface area is 103 Å². The molecule has 2 rings (SSSR count). The van der Waals surface area contributed by atoms with Crippen molar-refractivity contribution in [1.29, 1.82) is 0 Å². The largest absolute Gasteiger partial charge is 0.324 e. The number of benzene rings is 1. The van der Waals surface area contributed by atoms with Crippen LogP contribution in [0.2, 0.25) is 0 Å². The van der Waals surface area contributed by atoms with Crippen LogP contribution < -0.4 is 5.73 Å². The lowest BCUT2D eigenvalue weighted by Crippen LogP contribution is -1.96. The Morgan fingerprint density at radius 1 is 1.24 bits per heavy atom. The quantitative estimate of drug-likeness (QED) is 0.900. The molecule has 90 valence electrons. The van der Waals surface area contributed by atoms with Crippen molar-refractivity contribution >= 4 is 21.2 Å². The smallest absolute Gasteiger partial charge is 0.175 e. The van der Waals surface area contributed by atoms with Gasteiger partial charge in [-0.1, -0.05) is 23.5 Å². The summed E-state index contributed by atoms with van der Waals surface area (Å²) in [7, 11) is -3.15. The third-order valence-electron chi connectivity index (χ3n) is 2.17. The third kappa shape index (κ3) is 2.68. The summed E-state index contributed by atoms with van der Waals surface area (Å²) in [6.07, 6.45) is 1.18. The first-order valence-corrected chi connectivity index (χ1v) is 7.54.